The summed E-state index contributed by atoms with van der Waals surface area (Å²) in [6.45, 7) is 0.258. The highest BCUT2D eigenvalue weighted by Gasteiger charge is 2.39. The molecule has 132 valence electrons. The highest BCUT2D eigenvalue weighted by Crippen LogP contribution is 2.29. The maximum Gasteiger partial charge on any atom is 0.273 e. The highest BCUT2D eigenvalue weighted by molar-refractivity contribution is 6.06. The normalized spacial score (nSPS) is 19.3. The van der Waals surface area contributed by atoms with Gasteiger partial charge in [0.2, 0.25) is 11.8 Å². The number of fused-ring (bicyclic) bond motifs is 1. The average Bonchev–Trinajstić information content (AvgIpc) is 3.24. The lowest BCUT2D eigenvalue weighted by Gasteiger charge is -2.29. The predicted molar refractivity (Wildman–Crippen MR) is 89.0 cm³/mol. The molecule has 0 saturated carbocycles. The van der Waals surface area contributed by atoms with Crippen LogP contribution in [0.4, 0.5) is 5.69 Å². The Labute approximate surface area is 147 Å². The van der Waals surface area contributed by atoms with Gasteiger partial charge in [-0.3, -0.25) is 29.6 Å². The van der Waals surface area contributed by atoms with Crippen molar-refractivity contribution in [3.05, 3.63) is 47.3 Å². The summed E-state index contributed by atoms with van der Waals surface area (Å²) in [7, 11) is 0. The van der Waals surface area contributed by atoms with Crippen LogP contribution in [0.15, 0.2) is 30.5 Å². The third kappa shape index (κ3) is 2.73. The molecule has 4 rings (SSSR count). The highest BCUT2D eigenvalue weighted by atomic mass is 16.2. The van der Waals surface area contributed by atoms with Gasteiger partial charge in [0.1, 0.15) is 11.7 Å². The molecule has 1 aromatic heterocycles. The molecule has 1 saturated heterocycles. The molecule has 26 heavy (non-hydrogen) atoms. The molecule has 3 N–H and O–H groups in total. The van der Waals surface area contributed by atoms with Gasteiger partial charge in [-0.15, -0.1) is 0 Å². The molecule has 2 aliphatic rings. The molecule has 2 aliphatic heterocycles. The number of amides is 4. The molecule has 0 radical (unpaired) electrons. The van der Waals surface area contributed by atoms with E-state index in [0.29, 0.717) is 23.4 Å². The first kappa shape index (κ1) is 16.0. The number of aromatic nitrogens is 2. The van der Waals surface area contributed by atoms with Gasteiger partial charge in [0.25, 0.3) is 11.8 Å². The Morgan fingerprint density at radius 1 is 1.23 bits per heavy atom. The first-order chi connectivity index (χ1) is 12.5. The topological polar surface area (TPSA) is 124 Å². The van der Waals surface area contributed by atoms with Gasteiger partial charge < -0.3 is 10.2 Å². The summed E-state index contributed by atoms with van der Waals surface area (Å²) in [6.07, 6.45) is 2.00. The zero-order valence-electron chi connectivity index (χ0n) is 13.6. The molecule has 9 nitrogen and oxygen atoms in total. The molecule has 2 aromatic rings. The van der Waals surface area contributed by atoms with Crippen molar-refractivity contribution in [1.29, 1.82) is 0 Å². The summed E-state index contributed by atoms with van der Waals surface area (Å²) in [6, 6.07) is 5.88. The number of nitrogens with zero attached hydrogens (tertiary/aromatic N) is 2. The SMILES string of the molecule is O=C1CCC(N2Cc3cc(NC(=O)c4ccn[nH]4)ccc3C2=O)C(=O)N1. The zero-order valence-corrected chi connectivity index (χ0v) is 13.6. The van der Waals surface area contributed by atoms with Crippen molar-refractivity contribution in [2.75, 3.05) is 5.32 Å². The van der Waals surface area contributed by atoms with E-state index in [4.69, 9.17) is 0 Å². The minimum Gasteiger partial charge on any atom is -0.322 e. The van der Waals surface area contributed by atoms with Gasteiger partial charge in [-0.2, -0.15) is 5.10 Å². The number of piperidine rings is 1. The van der Waals surface area contributed by atoms with Gasteiger partial charge in [0.05, 0.1) is 0 Å². The molecular weight excluding hydrogens is 338 g/mol. The van der Waals surface area contributed by atoms with Crippen molar-refractivity contribution >= 4 is 29.3 Å². The monoisotopic (exact) mass is 353 g/mol. The quantitative estimate of drug-likeness (QED) is 0.690. The zero-order chi connectivity index (χ0) is 18.3. The van der Waals surface area contributed by atoms with E-state index in [1.54, 1.807) is 24.3 Å². The Hall–Kier alpha value is -3.49. The van der Waals surface area contributed by atoms with E-state index in [1.807, 2.05) is 0 Å². The molecule has 1 aromatic carbocycles. The number of imide groups is 1. The summed E-state index contributed by atoms with van der Waals surface area (Å²) in [5.74, 6) is -1.36. The first-order valence-corrected chi connectivity index (χ1v) is 8.11. The fourth-order valence-corrected chi connectivity index (χ4v) is 3.23. The van der Waals surface area contributed by atoms with Gasteiger partial charge in [-0.1, -0.05) is 0 Å². The molecule has 0 spiro atoms. The summed E-state index contributed by atoms with van der Waals surface area (Å²) in [5, 5.41) is 11.3. The van der Waals surface area contributed by atoms with Crippen LogP contribution in [0.1, 0.15) is 39.3 Å². The van der Waals surface area contributed by atoms with E-state index in [2.05, 4.69) is 20.8 Å². The van der Waals surface area contributed by atoms with Crippen LogP contribution >= 0.6 is 0 Å². The van der Waals surface area contributed by atoms with E-state index in [-0.39, 0.29) is 30.7 Å². The minimum atomic E-state index is -0.657. The molecule has 1 unspecified atom stereocenters. The molecule has 1 fully saturated rings. The number of benzene rings is 1. The first-order valence-electron chi connectivity index (χ1n) is 8.11. The third-order valence-electron chi connectivity index (χ3n) is 4.53. The van der Waals surface area contributed by atoms with Crippen LogP contribution in [0.5, 0.6) is 0 Å². The smallest absolute Gasteiger partial charge is 0.273 e. The van der Waals surface area contributed by atoms with Crippen molar-refractivity contribution in [3.8, 4) is 0 Å². The maximum atomic E-state index is 12.6. The van der Waals surface area contributed by atoms with Crippen LogP contribution in [0.25, 0.3) is 0 Å². The number of carbonyl (C=O) groups excluding carboxylic acids is 4. The largest absolute Gasteiger partial charge is 0.322 e. The number of hydrogen-bond acceptors (Lipinski definition) is 5. The predicted octanol–water partition coefficient (Wildman–Crippen LogP) is 0.423. The van der Waals surface area contributed by atoms with Crippen LogP contribution in [0.2, 0.25) is 0 Å². The number of anilines is 1. The van der Waals surface area contributed by atoms with Crippen molar-refractivity contribution in [2.45, 2.75) is 25.4 Å². The summed E-state index contributed by atoms with van der Waals surface area (Å²) in [4.78, 5) is 49.5. The van der Waals surface area contributed by atoms with Gasteiger partial charge in [0, 0.05) is 30.4 Å². The van der Waals surface area contributed by atoms with Gasteiger partial charge in [0.15, 0.2) is 0 Å². The van der Waals surface area contributed by atoms with Crippen LogP contribution in [0.3, 0.4) is 0 Å². The average molecular weight is 353 g/mol. The maximum absolute atomic E-state index is 12.6. The van der Waals surface area contributed by atoms with Gasteiger partial charge >= 0.3 is 0 Å². The Balaban J connectivity index is 1.52. The van der Waals surface area contributed by atoms with Crippen molar-refractivity contribution in [2.24, 2.45) is 0 Å². The Morgan fingerprint density at radius 2 is 2.08 bits per heavy atom. The van der Waals surface area contributed by atoms with Crippen LogP contribution in [0, 0.1) is 0 Å². The molecular formula is C17H15N5O4. The van der Waals surface area contributed by atoms with Crippen molar-refractivity contribution in [3.63, 3.8) is 0 Å². The fraction of sp³-hybridized carbons (Fsp3) is 0.235. The summed E-state index contributed by atoms with van der Waals surface area (Å²) >= 11 is 0. The lowest BCUT2D eigenvalue weighted by atomic mass is 10.0. The second-order valence-electron chi connectivity index (χ2n) is 6.20. The van der Waals surface area contributed by atoms with Gasteiger partial charge in [-0.05, 0) is 36.2 Å². The standard InChI is InChI=1S/C17H15N5O4/c23-14-4-3-13(16(25)20-14)22-8-9-7-10(1-2-11(9)17(22)26)19-15(24)12-5-6-18-21-12/h1-2,5-7,13H,3-4,8H2,(H,18,21)(H,19,24)(H,20,23,25). The molecule has 9 heteroatoms. The third-order valence-corrected chi connectivity index (χ3v) is 4.53. The second-order valence-corrected chi connectivity index (χ2v) is 6.20. The molecule has 1 atom stereocenters. The number of nitrogens with one attached hydrogen (secondary N) is 3. The molecule has 0 bridgehead atoms. The van der Waals surface area contributed by atoms with E-state index in [9.17, 15) is 19.2 Å². The van der Waals surface area contributed by atoms with E-state index < -0.39 is 11.9 Å². The molecule has 4 amide bonds. The van der Waals surface area contributed by atoms with E-state index >= 15 is 0 Å². The second kappa shape index (κ2) is 6.10. The van der Waals surface area contributed by atoms with Crippen molar-refractivity contribution < 1.29 is 19.2 Å². The molecule has 3 heterocycles. The summed E-state index contributed by atoms with van der Waals surface area (Å²) < 4.78 is 0. The minimum absolute atomic E-state index is 0.210. The Kier molecular flexibility index (Phi) is 3.76. The number of rotatable bonds is 3. The van der Waals surface area contributed by atoms with Gasteiger partial charge in [-0.25, -0.2) is 0 Å². The number of carbonyl (C=O) groups is 4. The Morgan fingerprint density at radius 3 is 2.81 bits per heavy atom. The lowest BCUT2D eigenvalue weighted by Crippen LogP contribution is -2.52. The van der Waals surface area contributed by atoms with E-state index in [0.717, 1.165) is 5.56 Å². The number of aromatic amines is 1. The lowest BCUT2D eigenvalue weighted by molar-refractivity contribution is -0.136. The fourth-order valence-electron chi connectivity index (χ4n) is 3.23. The van der Waals surface area contributed by atoms with Crippen LogP contribution < -0.4 is 10.6 Å². The van der Waals surface area contributed by atoms with Crippen LogP contribution in [-0.2, 0) is 16.1 Å². The molecule has 0 aliphatic carbocycles. The van der Waals surface area contributed by atoms with Crippen LogP contribution in [-0.4, -0.2) is 44.8 Å². The summed E-state index contributed by atoms with van der Waals surface area (Å²) in [5.41, 5.74) is 2.09. The van der Waals surface area contributed by atoms with Crippen molar-refractivity contribution in [1.82, 2.24) is 20.4 Å². The van der Waals surface area contributed by atoms with E-state index in [1.165, 1.54) is 11.1 Å². The number of hydrogen-bond donors (Lipinski definition) is 3. The number of H-pyrrole nitrogens is 1. The Bertz CT molecular complexity index is 921.